The summed E-state index contributed by atoms with van der Waals surface area (Å²) in [6.07, 6.45) is 0. The molecule has 0 saturated heterocycles. The normalized spacial score (nSPS) is 11.6. The van der Waals surface area contributed by atoms with Gasteiger partial charge >= 0.3 is 134 Å². The Morgan fingerprint density at radius 3 is 2.26 bits per heavy atom. The van der Waals surface area contributed by atoms with Crippen molar-refractivity contribution in [2.45, 2.75) is 0 Å². The minimum absolute atomic E-state index is 0.0360. The van der Waals surface area contributed by atoms with Crippen molar-refractivity contribution in [1.82, 2.24) is 4.98 Å². The number of carbonyl (C=O) groups is 1. The fourth-order valence-corrected chi connectivity index (χ4v) is 3.45. The van der Waals surface area contributed by atoms with Gasteiger partial charge in [-0.05, 0) is 0 Å². The Morgan fingerprint density at radius 2 is 1.65 bits per heavy atom. The Bertz CT molecular complexity index is 946. The van der Waals surface area contributed by atoms with E-state index in [1.54, 1.807) is 24.3 Å². The molecule has 3 N–H and O–H groups in total. The molecule has 3 aromatic rings. The predicted molar refractivity (Wildman–Crippen MR) is 84.7 cm³/mol. The molecule has 0 amide bonds. The molecule has 0 fully saturated rings. The van der Waals surface area contributed by atoms with Crippen LogP contribution in [0.4, 0.5) is 0 Å². The van der Waals surface area contributed by atoms with E-state index in [2.05, 4.69) is 4.98 Å². The first-order chi connectivity index (χ1) is 10.9. The molecule has 3 rings (SSSR count). The van der Waals surface area contributed by atoms with E-state index in [1.165, 1.54) is 30.3 Å². The quantitative estimate of drug-likeness (QED) is 0.595. The van der Waals surface area contributed by atoms with Crippen molar-refractivity contribution in [2.24, 2.45) is 0 Å². The summed E-state index contributed by atoms with van der Waals surface area (Å²) in [4.78, 5) is 15.9. The number of hydrogen-bond acceptors (Lipinski definition) is 3. The molecule has 0 bridgehead atoms. The molecule has 1 heterocycles. The van der Waals surface area contributed by atoms with Crippen LogP contribution in [-0.2, 0) is 3.74 Å². The maximum absolute atomic E-state index is 11.5. The number of para-hydroxylation sites is 1. The number of rotatable bonds is 3. The third-order valence-corrected chi connectivity index (χ3v) is 5.48. The molecule has 0 aliphatic carbocycles. The first-order valence-electron chi connectivity index (χ1n) is 6.66. The zero-order chi connectivity index (χ0) is 16.6. The standard InChI is InChI=1S/C16H12AsNO5/c19-16(20)13-9-15(18-14-4-2-1-3-12(13)14)10-5-7-11(8-6-10)17(21,22)23/h1-9H,(H,19,20)(H2,21,22,23). The molecule has 2 aromatic carbocycles. The van der Waals surface area contributed by atoms with Crippen LogP contribution in [0.15, 0.2) is 54.6 Å². The average molecular weight is 373 g/mol. The molecule has 116 valence electrons. The first kappa shape index (κ1) is 15.5. The molecule has 1 aromatic heterocycles. The van der Waals surface area contributed by atoms with Gasteiger partial charge in [-0.1, -0.05) is 0 Å². The van der Waals surface area contributed by atoms with E-state index in [1.807, 2.05) is 0 Å². The van der Waals surface area contributed by atoms with Crippen LogP contribution in [0.2, 0.25) is 0 Å². The molecule has 6 nitrogen and oxygen atoms in total. The van der Waals surface area contributed by atoms with E-state index in [9.17, 15) is 21.8 Å². The summed E-state index contributed by atoms with van der Waals surface area (Å²) in [6.45, 7) is 0. The number of hydrogen-bond donors (Lipinski definition) is 3. The number of aromatic carboxylic acids is 1. The van der Waals surface area contributed by atoms with Gasteiger partial charge in [-0.15, -0.1) is 0 Å². The van der Waals surface area contributed by atoms with Crippen LogP contribution >= 0.6 is 0 Å². The molecule has 0 saturated carbocycles. The van der Waals surface area contributed by atoms with Gasteiger partial charge < -0.3 is 0 Å². The van der Waals surface area contributed by atoms with Gasteiger partial charge in [0, 0.05) is 0 Å². The van der Waals surface area contributed by atoms with Gasteiger partial charge in [-0.3, -0.25) is 0 Å². The first-order valence-corrected chi connectivity index (χ1v) is 10.0. The monoisotopic (exact) mass is 373 g/mol. The molecular formula is C16H12AsNO5. The molecule has 23 heavy (non-hydrogen) atoms. The Hall–Kier alpha value is -2.40. The Kier molecular flexibility index (Phi) is 3.81. The van der Waals surface area contributed by atoms with E-state index in [0.717, 1.165) is 0 Å². The number of nitrogens with zero attached hydrogens (tertiary/aromatic N) is 1. The molecule has 7 heteroatoms. The Balaban J connectivity index is 2.17. The second-order valence-electron chi connectivity index (χ2n) is 4.97. The predicted octanol–water partition coefficient (Wildman–Crippen LogP) is 1.16. The zero-order valence-electron chi connectivity index (χ0n) is 11.7. The third kappa shape index (κ3) is 3.05. The number of carboxylic acid groups (broad SMARTS) is 1. The SMILES string of the molecule is O=C(O)c1cc(-c2ccc([As](=O)(O)O)cc2)nc2ccccc12. The fourth-order valence-electron chi connectivity index (χ4n) is 2.33. The van der Waals surface area contributed by atoms with Crippen LogP contribution in [0, 0.1) is 0 Å². The number of benzene rings is 2. The average Bonchev–Trinajstić information content (AvgIpc) is 2.53. The molecular weight excluding hydrogens is 361 g/mol. The van der Waals surface area contributed by atoms with Crippen molar-refractivity contribution in [3.05, 3.63) is 60.2 Å². The summed E-state index contributed by atoms with van der Waals surface area (Å²) in [7, 11) is 0. The van der Waals surface area contributed by atoms with Crippen molar-refractivity contribution in [3.63, 3.8) is 0 Å². The summed E-state index contributed by atoms with van der Waals surface area (Å²) in [5, 5.41) is 9.92. The summed E-state index contributed by atoms with van der Waals surface area (Å²) >= 11 is -4.93. The second-order valence-corrected chi connectivity index (χ2v) is 8.33. The van der Waals surface area contributed by atoms with E-state index in [0.29, 0.717) is 22.2 Å². The molecule has 0 aliphatic rings. The van der Waals surface area contributed by atoms with Crippen LogP contribution in [0.3, 0.4) is 0 Å². The van der Waals surface area contributed by atoms with Gasteiger partial charge in [-0.25, -0.2) is 0 Å². The fraction of sp³-hybridized carbons (Fsp3) is 0. The summed E-state index contributed by atoms with van der Waals surface area (Å²) < 4.78 is 29.6. The van der Waals surface area contributed by atoms with Crippen molar-refractivity contribution in [1.29, 1.82) is 0 Å². The Morgan fingerprint density at radius 1 is 1.00 bits per heavy atom. The Labute approximate surface area is 134 Å². The van der Waals surface area contributed by atoms with E-state index >= 15 is 0 Å². The maximum atomic E-state index is 11.5. The second kappa shape index (κ2) is 5.66. The zero-order valence-corrected chi connectivity index (χ0v) is 13.6. The molecule has 0 atom stereocenters. The van der Waals surface area contributed by atoms with Crippen molar-refractivity contribution in [2.75, 3.05) is 0 Å². The van der Waals surface area contributed by atoms with Crippen molar-refractivity contribution >= 4 is 35.4 Å². The van der Waals surface area contributed by atoms with E-state index in [-0.39, 0.29) is 9.91 Å². The number of pyridine rings is 1. The minimum atomic E-state index is -4.93. The molecule has 0 unspecified atom stereocenters. The molecule has 0 radical (unpaired) electrons. The number of aromatic nitrogens is 1. The van der Waals surface area contributed by atoms with E-state index < -0.39 is 20.1 Å². The topological polar surface area (TPSA) is 108 Å². The number of fused-ring (bicyclic) bond motifs is 1. The van der Waals surface area contributed by atoms with Crippen molar-refractivity contribution < 1.29 is 21.8 Å². The summed E-state index contributed by atoms with van der Waals surface area (Å²) in [5.41, 5.74) is 1.70. The van der Waals surface area contributed by atoms with Crippen LogP contribution in [-0.4, -0.2) is 38.4 Å². The van der Waals surface area contributed by atoms with Crippen LogP contribution < -0.4 is 4.35 Å². The van der Waals surface area contributed by atoms with Crippen LogP contribution in [0.25, 0.3) is 22.2 Å². The number of carboxylic acids is 1. The molecule has 0 spiro atoms. The van der Waals surface area contributed by atoms with Gasteiger partial charge in [0.15, 0.2) is 0 Å². The van der Waals surface area contributed by atoms with Gasteiger partial charge in [0.2, 0.25) is 0 Å². The van der Waals surface area contributed by atoms with Crippen molar-refractivity contribution in [3.8, 4) is 11.3 Å². The van der Waals surface area contributed by atoms with Gasteiger partial charge in [0.25, 0.3) is 0 Å². The summed E-state index contributed by atoms with van der Waals surface area (Å²) in [5.74, 6) is -1.06. The van der Waals surface area contributed by atoms with Gasteiger partial charge in [-0.2, -0.15) is 0 Å². The molecule has 0 aliphatic heterocycles. The van der Waals surface area contributed by atoms with E-state index in [4.69, 9.17) is 0 Å². The van der Waals surface area contributed by atoms with Crippen LogP contribution in [0.1, 0.15) is 10.4 Å². The third-order valence-electron chi connectivity index (χ3n) is 3.45. The summed E-state index contributed by atoms with van der Waals surface area (Å²) in [6, 6.07) is 14.1. The van der Waals surface area contributed by atoms with Crippen LogP contribution in [0.5, 0.6) is 0 Å². The van der Waals surface area contributed by atoms with Gasteiger partial charge in [0.05, 0.1) is 0 Å². The van der Waals surface area contributed by atoms with Gasteiger partial charge in [0.1, 0.15) is 0 Å².